The third-order valence-corrected chi connectivity index (χ3v) is 2.97. The number of hydrogen-bond donors (Lipinski definition) is 5. The van der Waals surface area contributed by atoms with Crippen LogP contribution in [0.1, 0.15) is 0 Å². The first-order valence-electron chi connectivity index (χ1n) is 5.78. The molecule has 5 N–H and O–H groups in total. The lowest BCUT2D eigenvalue weighted by molar-refractivity contribution is -0.384. The van der Waals surface area contributed by atoms with Gasteiger partial charge >= 0.3 is 0 Å². The van der Waals surface area contributed by atoms with E-state index in [2.05, 4.69) is 15.3 Å². The number of non-ortho nitro benzene ring substituents is 1. The summed E-state index contributed by atoms with van der Waals surface area (Å²) in [6.45, 7) is -1.51. The van der Waals surface area contributed by atoms with E-state index < -0.39 is 30.3 Å². The molecule has 1 aromatic carbocycles. The molecular weight excluding hydrogens is 268 g/mol. The number of nitro groups is 1. The Labute approximate surface area is 113 Å². The minimum atomic E-state index is -1.32. The Balaban J connectivity index is 2.34. The van der Waals surface area contributed by atoms with E-state index in [4.69, 9.17) is 0 Å². The fourth-order valence-electron chi connectivity index (χ4n) is 1.69. The topological polar surface area (TPSA) is 145 Å². The molecule has 0 fully saturated rings. The second-order valence-electron chi connectivity index (χ2n) is 4.42. The van der Waals surface area contributed by atoms with Gasteiger partial charge in [0.2, 0.25) is 5.95 Å². The monoisotopic (exact) mass is 282 g/mol. The maximum atomic E-state index is 10.7. The normalized spacial score (nSPS) is 11.8. The minimum Gasteiger partial charge on any atom is -0.394 e. The smallest absolute Gasteiger partial charge is 0.271 e. The summed E-state index contributed by atoms with van der Waals surface area (Å²) in [6, 6.07) is 4.13. The summed E-state index contributed by atoms with van der Waals surface area (Å²) >= 11 is 0. The second kappa shape index (κ2) is 5.41. The predicted octanol–water partition coefficient (Wildman–Crippen LogP) is -0.401. The van der Waals surface area contributed by atoms with Gasteiger partial charge in [-0.2, -0.15) is 0 Å². The molecule has 1 aromatic heterocycles. The van der Waals surface area contributed by atoms with Crippen LogP contribution in [0.25, 0.3) is 11.0 Å². The number of nitrogens with zero attached hydrogens (tertiary/aromatic N) is 2. The molecule has 0 unspecified atom stereocenters. The van der Waals surface area contributed by atoms with Gasteiger partial charge in [0.25, 0.3) is 5.69 Å². The summed E-state index contributed by atoms with van der Waals surface area (Å²) in [5.41, 5.74) is -0.476. The maximum Gasteiger partial charge on any atom is 0.271 e. The third kappa shape index (κ3) is 2.54. The van der Waals surface area contributed by atoms with Gasteiger partial charge in [0, 0.05) is 12.1 Å². The van der Waals surface area contributed by atoms with Crippen molar-refractivity contribution in [2.45, 2.75) is 5.54 Å². The molecule has 0 aliphatic rings. The number of aliphatic hydroxyl groups is 3. The van der Waals surface area contributed by atoms with E-state index in [0.29, 0.717) is 11.0 Å². The van der Waals surface area contributed by atoms with Crippen LogP contribution in [0, 0.1) is 10.1 Å². The standard InChI is InChI=1S/C11H14N4O5/c16-4-11(5-17,6-18)14-10-12-8-2-1-7(15(19)20)3-9(8)13-10/h1-3,16-18H,4-6H2,(H2,12,13,14). The molecule has 0 saturated heterocycles. The molecule has 2 rings (SSSR count). The first kappa shape index (κ1) is 14.2. The van der Waals surface area contributed by atoms with Gasteiger partial charge in [-0.1, -0.05) is 0 Å². The second-order valence-corrected chi connectivity index (χ2v) is 4.42. The van der Waals surface area contributed by atoms with Crippen molar-refractivity contribution in [1.82, 2.24) is 9.97 Å². The van der Waals surface area contributed by atoms with E-state index in [1.54, 1.807) is 0 Å². The van der Waals surface area contributed by atoms with Crippen molar-refractivity contribution >= 4 is 22.7 Å². The van der Waals surface area contributed by atoms with E-state index >= 15 is 0 Å². The lowest BCUT2D eigenvalue weighted by Gasteiger charge is -2.28. The van der Waals surface area contributed by atoms with Gasteiger partial charge in [0.05, 0.1) is 35.8 Å². The largest absolute Gasteiger partial charge is 0.394 e. The van der Waals surface area contributed by atoms with Crippen LogP contribution in [0.5, 0.6) is 0 Å². The van der Waals surface area contributed by atoms with Crippen molar-refractivity contribution in [1.29, 1.82) is 0 Å². The highest BCUT2D eigenvalue weighted by atomic mass is 16.6. The first-order valence-corrected chi connectivity index (χ1v) is 5.78. The number of rotatable bonds is 6. The van der Waals surface area contributed by atoms with Crippen LogP contribution in [0.4, 0.5) is 11.6 Å². The number of anilines is 1. The van der Waals surface area contributed by atoms with E-state index in [9.17, 15) is 25.4 Å². The molecule has 0 radical (unpaired) electrons. The zero-order chi connectivity index (χ0) is 14.8. The first-order chi connectivity index (χ1) is 9.53. The van der Waals surface area contributed by atoms with Gasteiger partial charge in [0.15, 0.2) is 0 Å². The molecule has 9 heteroatoms. The molecule has 0 atom stereocenters. The van der Waals surface area contributed by atoms with Crippen LogP contribution in [-0.2, 0) is 0 Å². The molecule has 9 nitrogen and oxygen atoms in total. The zero-order valence-electron chi connectivity index (χ0n) is 10.4. The summed E-state index contributed by atoms with van der Waals surface area (Å²) in [5, 5.41) is 41.0. The average molecular weight is 282 g/mol. The maximum absolute atomic E-state index is 10.7. The predicted molar refractivity (Wildman–Crippen MR) is 70.4 cm³/mol. The summed E-state index contributed by atoms with van der Waals surface area (Å²) in [7, 11) is 0. The number of nitrogens with one attached hydrogen (secondary N) is 2. The number of benzene rings is 1. The van der Waals surface area contributed by atoms with Crippen molar-refractivity contribution in [3.8, 4) is 0 Å². The van der Waals surface area contributed by atoms with Gasteiger partial charge in [0.1, 0.15) is 5.54 Å². The molecular formula is C11H14N4O5. The Morgan fingerprint density at radius 3 is 2.50 bits per heavy atom. The lowest BCUT2D eigenvalue weighted by atomic mass is 10.0. The Morgan fingerprint density at radius 1 is 1.30 bits per heavy atom. The number of hydrogen-bond acceptors (Lipinski definition) is 7. The number of aromatic nitrogens is 2. The van der Waals surface area contributed by atoms with Crippen LogP contribution in [0.3, 0.4) is 0 Å². The van der Waals surface area contributed by atoms with E-state index in [0.717, 1.165) is 0 Å². The molecule has 1 heterocycles. The Kier molecular flexibility index (Phi) is 3.84. The van der Waals surface area contributed by atoms with Crippen molar-refractivity contribution in [3.63, 3.8) is 0 Å². The number of aromatic amines is 1. The van der Waals surface area contributed by atoms with Gasteiger partial charge in [-0.15, -0.1) is 0 Å². The molecule has 20 heavy (non-hydrogen) atoms. The molecule has 108 valence electrons. The van der Waals surface area contributed by atoms with E-state index in [1.165, 1.54) is 18.2 Å². The minimum absolute atomic E-state index is 0.0783. The molecule has 0 bridgehead atoms. The van der Waals surface area contributed by atoms with Gasteiger partial charge in [-0.3, -0.25) is 10.1 Å². The van der Waals surface area contributed by atoms with Crippen LogP contribution in [-0.4, -0.2) is 55.6 Å². The Bertz CT molecular complexity index is 614. The quantitative estimate of drug-likeness (QED) is 0.358. The third-order valence-electron chi connectivity index (χ3n) is 2.97. The molecule has 0 spiro atoms. The number of H-pyrrole nitrogens is 1. The zero-order valence-corrected chi connectivity index (χ0v) is 10.4. The van der Waals surface area contributed by atoms with Crippen molar-refractivity contribution in [2.24, 2.45) is 0 Å². The summed E-state index contributed by atoms with van der Waals surface area (Å²) in [5.74, 6) is 0.192. The van der Waals surface area contributed by atoms with E-state index in [-0.39, 0.29) is 11.6 Å². The lowest BCUT2D eigenvalue weighted by Crippen LogP contribution is -2.49. The highest BCUT2D eigenvalue weighted by Gasteiger charge is 2.29. The average Bonchev–Trinajstić information content (AvgIpc) is 2.85. The molecule has 2 aromatic rings. The summed E-state index contributed by atoms with van der Waals surface area (Å²) in [4.78, 5) is 17.1. The number of aliphatic hydroxyl groups excluding tert-OH is 3. The van der Waals surface area contributed by atoms with Gasteiger partial charge < -0.3 is 25.6 Å². The SMILES string of the molecule is O=[N+]([O-])c1ccc2nc(NC(CO)(CO)CO)[nH]c2c1. The fourth-order valence-corrected chi connectivity index (χ4v) is 1.69. The van der Waals surface area contributed by atoms with Crippen LogP contribution in [0.15, 0.2) is 18.2 Å². The highest BCUT2D eigenvalue weighted by Crippen LogP contribution is 2.22. The van der Waals surface area contributed by atoms with Gasteiger partial charge in [-0.05, 0) is 6.07 Å². The van der Waals surface area contributed by atoms with E-state index in [1.807, 2.05) is 0 Å². The molecule has 0 aliphatic heterocycles. The molecule has 0 saturated carbocycles. The molecule has 0 aliphatic carbocycles. The number of nitro benzene ring substituents is 1. The van der Waals surface area contributed by atoms with Crippen LogP contribution in [0.2, 0.25) is 0 Å². The highest BCUT2D eigenvalue weighted by molar-refractivity contribution is 5.80. The number of fused-ring (bicyclic) bond motifs is 1. The summed E-state index contributed by atoms with van der Waals surface area (Å²) < 4.78 is 0. The van der Waals surface area contributed by atoms with Crippen LogP contribution >= 0.6 is 0 Å². The Hall–Kier alpha value is -2.23. The van der Waals surface area contributed by atoms with Crippen molar-refractivity contribution < 1.29 is 20.2 Å². The van der Waals surface area contributed by atoms with Crippen LogP contribution < -0.4 is 5.32 Å². The number of imidazole rings is 1. The molecule has 0 amide bonds. The Morgan fingerprint density at radius 2 is 1.95 bits per heavy atom. The van der Waals surface area contributed by atoms with Gasteiger partial charge in [-0.25, -0.2) is 4.98 Å². The fraction of sp³-hybridized carbons (Fsp3) is 0.364. The van der Waals surface area contributed by atoms with Crippen molar-refractivity contribution in [2.75, 3.05) is 25.1 Å². The van der Waals surface area contributed by atoms with Crippen molar-refractivity contribution in [3.05, 3.63) is 28.3 Å². The summed E-state index contributed by atoms with van der Waals surface area (Å²) in [6.07, 6.45) is 0.